The smallest absolute Gasteiger partial charge is 0.224 e. The first-order chi connectivity index (χ1) is 10.5. The molecule has 1 amide bonds. The van der Waals surface area contributed by atoms with Gasteiger partial charge in [-0.25, -0.2) is 0 Å². The number of ether oxygens (including phenoxy) is 1. The molecule has 5 heteroatoms. The van der Waals surface area contributed by atoms with E-state index in [9.17, 15) is 4.79 Å². The number of carbonyl (C=O) groups is 1. The highest BCUT2D eigenvalue weighted by molar-refractivity contribution is 5.92. The van der Waals surface area contributed by atoms with E-state index in [0.29, 0.717) is 18.3 Å². The Morgan fingerprint density at radius 2 is 2.17 bits per heavy atom. The van der Waals surface area contributed by atoms with E-state index in [1.165, 1.54) is 12.8 Å². The first-order valence-electron chi connectivity index (χ1n) is 8.17. The summed E-state index contributed by atoms with van der Waals surface area (Å²) >= 11 is 0. The van der Waals surface area contributed by atoms with Crippen LogP contribution in [0.3, 0.4) is 0 Å². The van der Waals surface area contributed by atoms with Gasteiger partial charge in [-0.3, -0.25) is 4.79 Å². The molecule has 2 rings (SSSR count). The zero-order valence-electron chi connectivity index (χ0n) is 14.6. The maximum Gasteiger partial charge on any atom is 0.224 e. The molecule has 1 aromatic carbocycles. The van der Waals surface area contributed by atoms with Gasteiger partial charge in [0.1, 0.15) is 5.75 Å². The molecule has 0 aromatic heterocycles. The molecule has 0 spiro atoms. The normalized spacial score (nSPS) is 18.7. The highest BCUT2D eigenvalue weighted by Crippen LogP contribution is 2.30. The number of hydrogen-bond donors (Lipinski definition) is 2. The number of rotatable bonds is 5. The average molecular weight is 341 g/mol. The van der Waals surface area contributed by atoms with Crippen LogP contribution in [0.15, 0.2) is 12.1 Å². The lowest BCUT2D eigenvalue weighted by Crippen LogP contribution is -2.34. The molecule has 2 atom stereocenters. The van der Waals surface area contributed by atoms with Gasteiger partial charge in [0.2, 0.25) is 5.91 Å². The van der Waals surface area contributed by atoms with Crippen molar-refractivity contribution in [2.24, 2.45) is 11.8 Å². The van der Waals surface area contributed by atoms with Crippen molar-refractivity contribution in [1.29, 1.82) is 0 Å². The molecule has 0 bridgehead atoms. The number of methoxy groups -OCH3 is 1. The molecule has 0 aliphatic carbocycles. The van der Waals surface area contributed by atoms with Crippen LogP contribution in [-0.2, 0) is 4.79 Å². The van der Waals surface area contributed by atoms with Crippen molar-refractivity contribution >= 4 is 24.0 Å². The standard InChI is InChI=1S/C18H28N2O2.ClH/c1-12-7-8-16(14(3)18(12)22-4)20-17(21)10-13(2)15-6-5-9-19-11-15;/h7-8,13,15,19H,5-6,9-11H2,1-4H3,(H,20,21);1H. The Morgan fingerprint density at radius 3 is 2.78 bits per heavy atom. The number of anilines is 1. The summed E-state index contributed by atoms with van der Waals surface area (Å²) in [6.45, 7) is 8.31. The maximum atomic E-state index is 12.3. The summed E-state index contributed by atoms with van der Waals surface area (Å²) in [6, 6.07) is 3.94. The lowest BCUT2D eigenvalue weighted by molar-refractivity contribution is -0.117. The number of hydrogen-bond acceptors (Lipinski definition) is 3. The van der Waals surface area contributed by atoms with E-state index in [-0.39, 0.29) is 18.3 Å². The van der Waals surface area contributed by atoms with Crippen LogP contribution in [0.1, 0.15) is 37.3 Å². The Balaban J connectivity index is 0.00000264. The van der Waals surface area contributed by atoms with E-state index in [2.05, 4.69) is 17.6 Å². The number of nitrogens with one attached hydrogen (secondary N) is 2. The Bertz CT molecular complexity index is 528. The molecule has 1 saturated heterocycles. The predicted octanol–water partition coefficient (Wildman–Crippen LogP) is 3.70. The van der Waals surface area contributed by atoms with Crippen molar-refractivity contribution in [3.63, 3.8) is 0 Å². The quantitative estimate of drug-likeness (QED) is 0.859. The van der Waals surface area contributed by atoms with Crippen molar-refractivity contribution in [3.8, 4) is 5.75 Å². The van der Waals surface area contributed by atoms with Gasteiger partial charge in [0.05, 0.1) is 7.11 Å². The van der Waals surface area contributed by atoms with Crippen LogP contribution in [0.5, 0.6) is 5.75 Å². The van der Waals surface area contributed by atoms with E-state index in [0.717, 1.165) is 35.7 Å². The molecule has 0 saturated carbocycles. The van der Waals surface area contributed by atoms with Crippen LogP contribution in [0.4, 0.5) is 5.69 Å². The summed E-state index contributed by atoms with van der Waals surface area (Å²) in [5, 5.41) is 6.46. The van der Waals surface area contributed by atoms with Gasteiger partial charge in [-0.15, -0.1) is 12.4 Å². The summed E-state index contributed by atoms with van der Waals surface area (Å²) in [6.07, 6.45) is 3.01. The number of amides is 1. The van der Waals surface area contributed by atoms with E-state index in [4.69, 9.17) is 4.74 Å². The summed E-state index contributed by atoms with van der Waals surface area (Å²) < 4.78 is 5.41. The highest BCUT2D eigenvalue weighted by Gasteiger charge is 2.22. The number of carbonyl (C=O) groups excluding carboxylic acids is 1. The average Bonchev–Trinajstić information content (AvgIpc) is 2.51. The van der Waals surface area contributed by atoms with Gasteiger partial charge >= 0.3 is 0 Å². The van der Waals surface area contributed by atoms with Gasteiger partial charge in [-0.2, -0.15) is 0 Å². The third-order valence-corrected chi connectivity index (χ3v) is 4.73. The third-order valence-electron chi connectivity index (χ3n) is 4.73. The second kappa shape index (κ2) is 9.14. The van der Waals surface area contributed by atoms with Gasteiger partial charge in [0.15, 0.2) is 0 Å². The number of benzene rings is 1. The molecule has 1 heterocycles. The molecule has 4 nitrogen and oxygen atoms in total. The molecule has 2 N–H and O–H groups in total. The summed E-state index contributed by atoms with van der Waals surface area (Å²) in [5.74, 6) is 1.95. The third kappa shape index (κ3) is 5.11. The van der Waals surface area contributed by atoms with Gasteiger partial charge < -0.3 is 15.4 Å². The van der Waals surface area contributed by atoms with E-state index >= 15 is 0 Å². The topological polar surface area (TPSA) is 50.4 Å². The molecule has 0 radical (unpaired) electrons. The predicted molar refractivity (Wildman–Crippen MR) is 97.7 cm³/mol. The summed E-state index contributed by atoms with van der Waals surface area (Å²) in [4.78, 5) is 12.3. The molecule has 1 aliphatic heterocycles. The van der Waals surface area contributed by atoms with E-state index in [1.54, 1.807) is 7.11 Å². The SMILES string of the molecule is COc1c(C)ccc(NC(=O)CC(C)C2CCCNC2)c1C.Cl. The van der Waals surface area contributed by atoms with Crippen molar-refractivity contribution in [2.45, 2.75) is 40.0 Å². The minimum Gasteiger partial charge on any atom is -0.496 e. The molecule has 23 heavy (non-hydrogen) atoms. The molecule has 1 aliphatic rings. The zero-order chi connectivity index (χ0) is 16.1. The summed E-state index contributed by atoms with van der Waals surface area (Å²) in [5.41, 5.74) is 2.92. The second-order valence-corrected chi connectivity index (χ2v) is 6.42. The highest BCUT2D eigenvalue weighted by atomic mass is 35.5. The monoisotopic (exact) mass is 340 g/mol. The van der Waals surface area contributed by atoms with Crippen molar-refractivity contribution in [3.05, 3.63) is 23.3 Å². The second-order valence-electron chi connectivity index (χ2n) is 6.42. The number of piperidine rings is 1. The van der Waals surface area contributed by atoms with Crippen molar-refractivity contribution < 1.29 is 9.53 Å². The summed E-state index contributed by atoms with van der Waals surface area (Å²) in [7, 11) is 1.67. The van der Waals surface area contributed by atoms with Crippen LogP contribution in [0.25, 0.3) is 0 Å². The maximum absolute atomic E-state index is 12.3. The first kappa shape index (κ1) is 19.8. The number of aryl methyl sites for hydroxylation is 1. The zero-order valence-corrected chi connectivity index (χ0v) is 15.4. The number of halogens is 1. The largest absolute Gasteiger partial charge is 0.496 e. The fraction of sp³-hybridized carbons (Fsp3) is 0.611. The van der Waals surface area contributed by atoms with Crippen LogP contribution < -0.4 is 15.4 Å². The molecular formula is C18H29ClN2O2. The van der Waals surface area contributed by atoms with Gasteiger partial charge in [0, 0.05) is 17.7 Å². The fourth-order valence-electron chi connectivity index (χ4n) is 3.30. The minimum absolute atomic E-state index is 0. The lowest BCUT2D eigenvalue weighted by atomic mass is 9.85. The van der Waals surface area contributed by atoms with Crippen LogP contribution in [0.2, 0.25) is 0 Å². The molecule has 1 aromatic rings. The lowest BCUT2D eigenvalue weighted by Gasteiger charge is -2.28. The first-order valence-corrected chi connectivity index (χ1v) is 8.17. The Labute approximate surface area is 145 Å². The van der Waals surface area contributed by atoms with Crippen LogP contribution in [-0.4, -0.2) is 26.1 Å². The van der Waals surface area contributed by atoms with E-state index in [1.807, 2.05) is 26.0 Å². The van der Waals surface area contributed by atoms with Crippen molar-refractivity contribution in [1.82, 2.24) is 5.32 Å². The minimum atomic E-state index is 0. The molecule has 2 unspecified atom stereocenters. The fourth-order valence-corrected chi connectivity index (χ4v) is 3.30. The molecule has 130 valence electrons. The Morgan fingerprint density at radius 1 is 1.43 bits per heavy atom. The van der Waals surface area contributed by atoms with Gasteiger partial charge in [-0.1, -0.05) is 13.0 Å². The van der Waals surface area contributed by atoms with Gasteiger partial charge in [-0.05, 0) is 63.2 Å². The van der Waals surface area contributed by atoms with Gasteiger partial charge in [0.25, 0.3) is 0 Å². The van der Waals surface area contributed by atoms with Crippen LogP contribution in [0, 0.1) is 25.7 Å². The van der Waals surface area contributed by atoms with Crippen LogP contribution >= 0.6 is 12.4 Å². The van der Waals surface area contributed by atoms with Crippen molar-refractivity contribution in [2.75, 3.05) is 25.5 Å². The molecular weight excluding hydrogens is 312 g/mol. The van der Waals surface area contributed by atoms with E-state index < -0.39 is 0 Å². The Kier molecular flexibility index (Phi) is 7.86. The molecule has 1 fully saturated rings. The Hall–Kier alpha value is -1.26.